The summed E-state index contributed by atoms with van der Waals surface area (Å²) >= 11 is 0. The molecule has 3 nitrogen and oxygen atoms in total. The number of aromatic nitrogens is 2. The van der Waals surface area contributed by atoms with Gasteiger partial charge in [0.15, 0.2) is 0 Å². The maximum atomic E-state index is 13.6. The summed E-state index contributed by atoms with van der Waals surface area (Å²) in [5.74, 6) is 1.66. The molecule has 4 heteroatoms. The Morgan fingerprint density at radius 3 is 2.85 bits per heavy atom. The van der Waals surface area contributed by atoms with Crippen LogP contribution in [-0.2, 0) is 6.54 Å². The molecule has 0 radical (unpaired) electrons. The molecule has 1 aromatic heterocycles. The monoisotopic (exact) mass is 275 g/mol. The third-order valence-electron chi connectivity index (χ3n) is 4.76. The molecule has 1 aromatic carbocycles. The molecule has 1 aliphatic carbocycles. The summed E-state index contributed by atoms with van der Waals surface area (Å²) in [6.07, 6.45) is 5.18. The Morgan fingerprint density at radius 1 is 1.35 bits per heavy atom. The first-order valence-electron chi connectivity index (χ1n) is 7.48. The minimum atomic E-state index is -0.215. The van der Waals surface area contributed by atoms with E-state index in [2.05, 4.69) is 16.5 Å². The van der Waals surface area contributed by atoms with Crippen LogP contribution in [0.15, 0.2) is 12.1 Å². The minimum Gasteiger partial charge on any atom is -0.369 e. The van der Waals surface area contributed by atoms with Crippen LogP contribution < -0.4 is 5.73 Å². The quantitative estimate of drug-likeness (QED) is 0.903. The largest absolute Gasteiger partial charge is 0.369 e. The van der Waals surface area contributed by atoms with Gasteiger partial charge in [0, 0.05) is 12.6 Å². The molecule has 20 heavy (non-hydrogen) atoms. The summed E-state index contributed by atoms with van der Waals surface area (Å²) in [7, 11) is 0. The second-order valence-corrected chi connectivity index (χ2v) is 6.19. The van der Waals surface area contributed by atoms with Gasteiger partial charge < -0.3 is 10.3 Å². The molecule has 2 N–H and O–H groups in total. The SMILES string of the molecule is Cc1cc2c(cc1F)nc(N)n2CC1CCCCC1C. The first kappa shape index (κ1) is 13.4. The Balaban J connectivity index is 1.98. The van der Waals surface area contributed by atoms with Crippen molar-refractivity contribution in [1.29, 1.82) is 0 Å². The van der Waals surface area contributed by atoms with Gasteiger partial charge in [-0.25, -0.2) is 9.37 Å². The van der Waals surface area contributed by atoms with E-state index in [1.165, 1.54) is 31.7 Å². The van der Waals surface area contributed by atoms with Crippen LogP contribution in [0.4, 0.5) is 10.3 Å². The summed E-state index contributed by atoms with van der Waals surface area (Å²) in [4.78, 5) is 4.31. The molecule has 0 spiro atoms. The van der Waals surface area contributed by atoms with Gasteiger partial charge in [-0.15, -0.1) is 0 Å². The molecule has 1 aliphatic rings. The van der Waals surface area contributed by atoms with Crippen molar-refractivity contribution in [2.75, 3.05) is 5.73 Å². The lowest BCUT2D eigenvalue weighted by Crippen LogP contribution is -2.22. The number of anilines is 1. The molecule has 2 atom stereocenters. The molecule has 0 aliphatic heterocycles. The van der Waals surface area contributed by atoms with E-state index < -0.39 is 0 Å². The van der Waals surface area contributed by atoms with Gasteiger partial charge in [-0.05, 0) is 36.8 Å². The lowest BCUT2D eigenvalue weighted by atomic mass is 9.80. The highest BCUT2D eigenvalue weighted by Gasteiger charge is 2.23. The van der Waals surface area contributed by atoms with Crippen LogP contribution in [0.2, 0.25) is 0 Å². The smallest absolute Gasteiger partial charge is 0.201 e. The normalized spacial score (nSPS) is 23.4. The molecule has 0 bridgehead atoms. The topological polar surface area (TPSA) is 43.8 Å². The Kier molecular flexibility index (Phi) is 3.40. The Morgan fingerprint density at radius 2 is 2.10 bits per heavy atom. The molecule has 2 unspecified atom stereocenters. The maximum Gasteiger partial charge on any atom is 0.201 e. The maximum absolute atomic E-state index is 13.6. The molecule has 0 amide bonds. The van der Waals surface area contributed by atoms with E-state index in [0.29, 0.717) is 22.9 Å². The van der Waals surface area contributed by atoms with Crippen LogP contribution >= 0.6 is 0 Å². The number of benzene rings is 1. The first-order chi connectivity index (χ1) is 9.56. The van der Waals surface area contributed by atoms with Gasteiger partial charge >= 0.3 is 0 Å². The predicted octanol–water partition coefficient (Wildman–Crippen LogP) is 3.89. The highest BCUT2D eigenvalue weighted by Crippen LogP contribution is 2.32. The molecule has 2 aromatic rings. The predicted molar refractivity (Wildman–Crippen MR) is 80.0 cm³/mol. The number of hydrogen-bond acceptors (Lipinski definition) is 2. The van der Waals surface area contributed by atoms with Crippen molar-refractivity contribution in [3.8, 4) is 0 Å². The van der Waals surface area contributed by atoms with E-state index >= 15 is 0 Å². The number of aryl methyl sites for hydroxylation is 1. The number of fused-ring (bicyclic) bond motifs is 1. The van der Waals surface area contributed by atoms with Gasteiger partial charge in [0.2, 0.25) is 5.95 Å². The summed E-state index contributed by atoms with van der Waals surface area (Å²) in [6, 6.07) is 3.35. The molecule has 1 fully saturated rings. The van der Waals surface area contributed by atoms with E-state index in [9.17, 15) is 4.39 Å². The van der Waals surface area contributed by atoms with Crippen LogP contribution in [0.25, 0.3) is 11.0 Å². The van der Waals surface area contributed by atoms with Crippen LogP contribution in [0.3, 0.4) is 0 Å². The van der Waals surface area contributed by atoms with Crippen LogP contribution in [0.5, 0.6) is 0 Å². The molecule has 1 saturated carbocycles. The number of halogens is 1. The Bertz CT molecular complexity index is 632. The summed E-state index contributed by atoms with van der Waals surface area (Å²) in [5.41, 5.74) is 8.31. The summed E-state index contributed by atoms with van der Waals surface area (Å²) < 4.78 is 15.7. The zero-order valence-electron chi connectivity index (χ0n) is 12.2. The standard InChI is InChI=1S/C16H22FN3/c1-10-5-3-4-6-12(10)9-20-15-7-11(2)13(17)8-14(15)19-16(20)18/h7-8,10,12H,3-6,9H2,1-2H3,(H2,18,19). The fraction of sp³-hybridized carbons (Fsp3) is 0.562. The van der Waals surface area contributed by atoms with E-state index in [4.69, 9.17) is 5.73 Å². The zero-order chi connectivity index (χ0) is 14.3. The highest BCUT2D eigenvalue weighted by atomic mass is 19.1. The number of nitrogens with two attached hydrogens (primary N) is 1. The fourth-order valence-electron chi connectivity index (χ4n) is 3.36. The molecule has 0 saturated heterocycles. The number of hydrogen-bond donors (Lipinski definition) is 1. The second kappa shape index (κ2) is 5.08. The van der Waals surface area contributed by atoms with Crippen LogP contribution in [0, 0.1) is 24.6 Å². The van der Waals surface area contributed by atoms with Gasteiger partial charge in [-0.3, -0.25) is 0 Å². The van der Waals surface area contributed by atoms with Crippen molar-refractivity contribution >= 4 is 17.0 Å². The summed E-state index contributed by atoms with van der Waals surface area (Å²) in [5, 5.41) is 0. The lowest BCUT2D eigenvalue weighted by molar-refractivity contribution is 0.231. The van der Waals surface area contributed by atoms with Crippen molar-refractivity contribution < 1.29 is 4.39 Å². The number of imidazole rings is 1. The number of nitrogen functional groups attached to an aromatic ring is 1. The van der Waals surface area contributed by atoms with E-state index in [1.807, 2.05) is 6.07 Å². The summed E-state index contributed by atoms with van der Waals surface area (Å²) in [6.45, 7) is 5.00. The Hall–Kier alpha value is -1.58. The van der Waals surface area contributed by atoms with Gasteiger partial charge in [0.25, 0.3) is 0 Å². The van der Waals surface area contributed by atoms with Crippen LogP contribution in [-0.4, -0.2) is 9.55 Å². The molecule has 1 heterocycles. The minimum absolute atomic E-state index is 0.215. The fourth-order valence-corrected chi connectivity index (χ4v) is 3.36. The third kappa shape index (κ3) is 2.28. The van der Waals surface area contributed by atoms with Crippen molar-refractivity contribution in [3.63, 3.8) is 0 Å². The van der Waals surface area contributed by atoms with Crippen molar-refractivity contribution in [2.24, 2.45) is 11.8 Å². The average molecular weight is 275 g/mol. The lowest BCUT2D eigenvalue weighted by Gasteiger charge is -2.29. The van der Waals surface area contributed by atoms with Gasteiger partial charge in [0.05, 0.1) is 11.0 Å². The highest BCUT2D eigenvalue weighted by molar-refractivity contribution is 5.79. The van der Waals surface area contributed by atoms with E-state index in [-0.39, 0.29) is 5.82 Å². The van der Waals surface area contributed by atoms with Gasteiger partial charge in [0.1, 0.15) is 5.82 Å². The number of nitrogens with zero attached hydrogens (tertiary/aromatic N) is 2. The van der Waals surface area contributed by atoms with E-state index in [1.54, 1.807) is 6.92 Å². The molecular weight excluding hydrogens is 253 g/mol. The molecule has 108 valence electrons. The molecule has 3 rings (SSSR count). The second-order valence-electron chi connectivity index (χ2n) is 6.19. The van der Waals surface area contributed by atoms with Gasteiger partial charge in [-0.2, -0.15) is 0 Å². The Labute approximate surface area is 119 Å². The first-order valence-corrected chi connectivity index (χ1v) is 7.48. The van der Waals surface area contributed by atoms with Crippen molar-refractivity contribution in [1.82, 2.24) is 9.55 Å². The van der Waals surface area contributed by atoms with Crippen LogP contribution in [0.1, 0.15) is 38.2 Å². The molecular formula is C16H22FN3. The zero-order valence-corrected chi connectivity index (χ0v) is 12.2. The number of rotatable bonds is 2. The van der Waals surface area contributed by atoms with E-state index in [0.717, 1.165) is 18.0 Å². The van der Waals surface area contributed by atoms with Crippen molar-refractivity contribution in [2.45, 2.75) is 46.1 Å². The van der Waals surface area contributed by atoms with Crippen molar-refractivity contribution in [3.05, 3.63) is 23.5 Å². The van der Waals surface area contributed by atoms with Gasteiger partial charge in [-0.1, -0.05) is 26.2 Å². The third-order valence-corrected chi connectivity index (χ3v) is 4.76. The average Bonchev–Trinajstić information content (AvgIpc) is 2.69.